The van der Waals surface area contributed by atoms with Crippen molar-refractivity contribution in [2.75, 3.05) is 18.1 Å². The summed E-state index contributed by atoms with van der Waals surface area (Å²) in [5, 5.41) is 12.0. The van der Waals surface area contributed by atoms with Gasteiger partial charge in [-0.25, -0.2) is 0 Å². The molecule has 0 bridgehead atoms. The number of ether oxygens (including phenoxy) is 1. The van der Waals surface area contributed by atoms with E-state index in [9.17, 15) is 10.1 Å². The van der Waals surface area contributed by atoms with Gasteiger partial charge in [0.25, 0.3) is 0 Å². The molecule has 0 aliphatic carbocycles. The zero-order valence-corrected chi connectivity index (χ0v) is 12.1. The summed E-state index contributed by atoms with van der Waals surface area (Å²) in [5.41, 5.74) is 0.426. The second-order valence-electron chi connectivity index (χ2n) is 4.83. The monoisotopic (exact) mass is 290 g/mol. The number of carbonyl (C=O) groups is 1. The van der Waals surface area contributed by atoms with Crippen LogP contribution in [0.4, 0.5) is 0 Å². The van der Waals surface area contributed by atoms with Gasteiger partial charge in [0.05, 0.1) is 25.7 Å². The van der Waals surface area contributed by atoms with Crippen LogP contribution in [0.1, 0.15) is 18.4 Å². The lowest BCUT2D eigenvalue weighted by atomic mass is 10.0. The summed E-state index contributed by atoms with van der Waals surface area (Å²) >= 11 is 1.70. The van der Waals surface area contributed by atoms with Gasteiger partial charge in [-0.3, -0.25) is 4.79 Å². The van der Waals surface area contributed by atoms with Crippen LogP contribution < -0.4 is 5.32 Å². The van der Waals surface area contributed by atoms with Gasteiger partial charge in [0, 0.05) is 5.75 Å². The SMILES string of the molecule is N#C[C@]1(NC(=O)CCOCc2ccccc2)CCSC1. The number of benzene rings is 1. The molecule has 1 aliphatic rings. The van der Waals surface area contributed by atoms with Crippen LogP contribution in [-0.4, -0.2) is 29.6 Å². The van der Waals surface area contributed by atoms with Gasteiger partial charge in [-0.05, 0) is 17.7 Å². The third-order valence-electron chi connectivity index (χ3n) is 3.20. The van der Waals surface area contributed by atoms with Crippen LogP contribution in [0.2, 0.25) is 0 Å². The van der Waals surface area contributed by atoms with Crippen molar-refractivity contribution in [1.82, 2.24) is 5.32 Å². The van der Waals surface area contributed by atoms with Gasteiger partial charge in [0.1, 0.15) is 5.54 Å². The van der Waals surface area contributed by atoms with E-state index in [4.69, 9.17) is 4.74 Å². The molecule has 106 valence electrons. The topological polar surface area (TPSA) is 62.1 Å². The summed E-state index contributed by atoms with van der Waals surface area (Å²) in [6, 6.07) is 12.1. The van der Waals surface area contributed by atoms with E-state index in [0.717, 1.165) is 17.7 Å². The molecule has 1 atom stereocenters. The molecule has 2 rings (SSSR count). The first-order valence-electron chi connectivity index (χ1n) is 6.66. The number of nitriles is 1. The third kappa shape index (κ3) is 4.26. The predicted octanol–water partition coefficient (Wildman–Crippen LogP) is 2.11. The highest BCUT2D eigenvalue weighted by atomic mass is 32.2. The minimum Gasteiger partial charge on any atom is -0.376 e. The molecule has 1 N–H and O–H groups in total. The number of nitrogens with one attached hydrogen (secondary N) is 1. The molecule has 1 aliphatic heterocycles. The van der Waals surface area contributed by atoms with Crippen LogP contribution in [0.15, 0.2) is 30.3 Å². The Morgan fingerprint density at radius 1 is 1.45 bits per heavy atom. The Morgan fingerprint density at radius 3 is 2.90 bits per heavy atom. The molecule has 4 nitrogen and oxygen atoms in total. The first kappa shape index (κ1) is 14.9. The molecule has 1 fully saturated rings. The number of thioether (sulfide) groups is 1. The fourth-order valence-corrected chi connectivity index (χ4v) is 3.30. The number of hydrogen-bond acceptors (Lipinski definition) is 4. The molecule has 0 radical (unpaired) electrons. The van der Waals surface area contributed by atoms with Crippen molar-refractivity contribution >= 4 is 17.7 Å². The maximum atomic E-state index is 11.8. The Bertz CT molecular complexity index is 478. The average Bonchev–Trinajstić information content (AvgIpc) is 2.94. The van der Waals surface area contributed by atoms with E-state index in [2.05, 4.69) is 11.4 Å². The smallest absolute Gasteiger partial charge is 0.223 e. The van der Waals surface area contributed by atoms with Crippen LogP contribution >= 0.6 is 11.8 Å². The molecule has 1 heterocycles. The zero-order valence-electron chi connectivity index (χ0n) is 11.3. The van der Waals surface area contributed by atoms with Crippen LogP contribution in [0.25, 0.3) is 0 Å². The summed E-state index contributed by atoms with van der Waals surface area (Å²) in [7, 11) is 0. The van der Waals surface area contributed by atoms with Crippen molar-refractivity contribution < 1.29 is 9.53 Å². The van der Waals surface area contributed by atoms with E-state index in [1.54, 1.807) is 11.8 Å². The van der Waals surface area contributed by atoms with Gasteiger partial charge < -0.3 is 10.1 Å². The van der Waals surface area contributed by atoms with E-state index in [1.807, 2.05) is 30.3 Å². The van der Waals surface area contributed by atoms with Crippen molar-refractivity contribution in [3.8, 4) is 6.07 Å². The number of amides is 1. The molecule has 0 unspecified atom stereocenters. The molecule has 20 heavy (non-hydrogen) atoms. The summed E-state index contributed by atoms with van der Waals surface area (Å²) < 4.78 is 5.47. The largest absolute Gasteiger partial charge is 0.376 e. The summed E-state index contributed by atoms with van der Waals surface area (Å²) in [6.45, 7) is 0.878. The van der Waals surface area contributed by atoms with Crippen molar-refractivity contribution in [3.63, 3.8) is 0 Å². The quantitative estimate of drug-likeness (QED) is 0.815. The van der Waals surface area contributed by atoms with Crippen LogP contribution in [0.3, 0.4) is 0 Å². The Hall–Kier alpha value is -1.51. The van der Waals surface area contributed by atoms with Crippen LogP contribution in [0, 0.1) is 11.3 Å². The van der Waals surface area contributed by atoms with Gasteiger partial charge >= 0.3 is 0 Å². The highest BCUT2D eigenvalue weighted by Gasteiger charge is 2.35. The second kappa shape index (κ2) is 7.32. The molecule has 0 saturated carbocycles. The molecule has 1 aromatic rings. The Balaban J connectivity index is 1.67. The Kier molecular flexibility index (Phi) is 5.45. The predicted molar refractivity (Wildman–Crippen MR) is 79.1 cm³/mol. The van der Waals surface area contributed by atoms with Crippen molar-refractivity contribution in [3.05, 3.63) is 35.9 Å². The fraction of sp³-hybridized carbons (Fsp3) is 0.467. The number of rotatable bonds is 6. The molecular weight excluding hydrogens is 272 g/mol. The maximum absolute atomic E-state index is 11.8. The zero-order chi connectivity index (χ0) is 14.3. The average molecular weight is 290 g/mol. The van der Waals surface area contributed by atoms with E-state index >= 15 is 0 Å². The first-order valence-corrected chi connectivity index (χ1v) is 7.81. The minimum absolute atomic E-state index is 0.109. The minimum atomic E-state index is -0.665. The lowest BCUT2D eigenvalue weighted by Crippen LogP contribution is -2.47. The van der Waals surface area contributed by atoms with Gasteiger partial charge in [-0.2, -0.15) is 17.0 Å². The highest BCUT2D eigenvalue weighted by molar-refractivity contribution is 7.99. The van der Waals surface area contributed by atoms with Crippen molar-refractivity contribution in [1.29, 1.82) is 5.26 Å². The maximum Gasteiger partial charge on any atom is 0.223 e. The van der Waals surface area contributed by atoms with E-state index in [1.165, 1.54) is 0 Å². The van der Waals surface area contributed by atoms with Gasteiger partial charge in [0.2, 0.25) is 5.91 Å². The Labute approximate surface area is 123 Å². The fourth-order valence-electron chi connectivity index (χ4n) is 2.04. The lowest BCUT2D eigenvalue weighted by Gasteiger charge is -2.21. The number of hydrogen-bond donors (Lipinski definition) is 1. The second-order valence-corrected chi connectivity index (χ2v) is 5.94. The molecule has 1 saturated heterocycles. The third-order valence-corrected chi connectivity index (χ3v) is 4.39. The summed E-state index contributed by atoms with van der Waals surface area (Å²) in [5.74, 6) is 1.50. The van der Waals surface area contributed by atoms with E-state index < -0.39 is 5.54 Å². The molecule has 1 amide bonds. The molecule has 0 aromatic heterocycles. The summed E-state index contributed by atoms with van der Waals surface area (Å²) in [4.78, 5) is 11.8. The van der Waals surface area contributed by atoms with Crippen LogP contribution in [-0.2, 0) is 16.1 Å². The lowest BCUT2D eigenvalue weighted by molar-refractivity contribution is -0.123. The number of nitrogens with zero attached hydrogens (tertiary/aromatic N) is 1. The molecule has 0 spiro atoms. The molecule has 5 heteroatoms. The Morgan fingerprint density at radius 2 is 2.25 bits per heavy atom. The molecule has 1 aromatic carbocycles. The highest BCUT2D eigenvalue weighted by Crippen LogP contribution is 2.27. The van der Waals surface area contributed by atoms with Gasteiger partial charge in [-0.1, -0.05) is 30.3 Å². The first-order chi connectivity index (χ1) is 9.74. The van der Waals surface area contributed by atoms with Gasteiger partial charge in [-0.15, -0.1) is 0 Å². The number of carbonyl (C=O) groups excluding carboxylic acids is 1. The van der Waals surface area contributed by atoms with Crippen LogP contribution in [0.5, 0.6) is 0 Å². The normalized spacial score (nSPS) is 21.4. The van der Waals surface area contributed by atoms with E-state index in [-0.39, 0.29) is 5.91 Å². The van der Waals surface area contributed by atoms with Crippen molar-refractivity contribution in [2.45, 2.75) is 25.0 Å². The van der Waals surface area contributed by atoms with Gasteiger partial charge in [0.15, 0.2) is 0 Å². The molecular formula is C15H18N2O2S. The standard InChI is InChI=1S/C15H18N2O2S/c16-11-15(7-9-20-12-15)17-14(18)6-8-19-10-13-4-2-1-3-5-13/h1-5H,6-10,12H2,(H,17,18)/t15-/m1/s1. The van der Waals surface area contributed by atoms with Crippen molar-refractivity contribution in [2.24, 2.45) is 0 Å². The van der Waals surface area contributed by atoms with E-state index in [0.29, 0.717) is 25.4 Å². The summed E-state index contributed by atoms with van der Waals surface area (Å²) in [6.07, 6.45) is 1.02.